The normalized spacial score (nSPS) is 11.1. The Kier molecular flexibility index (Phi) is 6.06. The summed E-state index contributed by atoms with van der Waals surface area (Å²) < 4.78 is 6.40. The summed E-state index contributed by atoms with van der Waals surface area (Å²) in [7, 11) is 2.91. The van der Waals surface area contributed by atoms with Crippen LogP contribution in [0.2, 0.25) is 0 Å². The summed E-state index contributed by atoms with van der Waals surface area (Å²) in [5, 5.41) is 7.16. The highest BCUT2D eigenvalue weighted by Crippen LogP contribution is 2.26. The highest BCUT2D eigenvalue weighted by atomic mass is 16.5. The molecule has 0 aliphatic heterocycles. The molecule has 0 saturated heterocycles. The van der Waals surface area contributed by atoms with Crippen molar-refractivity contribution >= 4 is 23.3 Å². The fourth-order valence-electron chi connectivity index (χ4n) is 3.15. The summed E-state index contributed by atoms with van der Waals surface area (Å²) in [5.74, 6) is -1.50. The summed E-state index contributed by atoms with van der Waals surface area (Å²) in [5.41, 5.74) is 1.65. The largest absolute Gasteiger partial charge is 0.465 e. The molecule has 0 bridgehead atoms. The molecule has 0 radical (unpaired) electrons. The van der Waals surface area contributed by atoms with Crippen LogP contribution < -0.4 is 5.32 Å². The van der Waals surface area contributed by atoms with Gasteiger partial charge in [0.05, 0.1) is 24.1 Å². The molecule has 1 aromatic heterocycles. The van der Waals surface area contributed by atoms with E-state index in [1.165, 1.54) is 11.8 Å². The van der Waals surface area contributed by atoms with Crippen molar-refractivity contribution in [3.05, 3.63) is 82.7 Å². The van der Waals surface area contributed by atoms with Crippen molar-refractivity contribution in [1.29, 1.82) is 0 Å². The van der Waals surface area contributed by atoms with Gasteiger partial charge in [0.25, 0.3) is 5.91 Å². The quantitative estimate of drug-likeness (QED) is 0.499. The first kappa shape index (κ1) is 22.0. The van der Waals surface area contributed by atoms with Gasteiger partial charge in [-0.05, 0) is 12.1 Å². The predicted molar refractivity (Wildman–Crippen MR) is 118 cm³/mol. The molecule has 31 heavy (non-hydrogen) atoms. The first-order valence-corrected chi connectivity index (χ1v) is 9.80. The monoisotopic (exact) mass is 419 g/mol. The third kappa shape index (κ3) is 4.55. The van der Waals surface area contributed by atoms with Crippen molar-refractivity contribution in [3.63, 3.8) is 0 Å². The number of nitrogens with zero attached hydrogens (tertiary/aromatic N) is 2. The Balaban J connectivity index is 2.02. The first-order chi connectivity index (χ1) is 14.6. The third-order valence-corrected chi connectivity index (χ3v) is 4.86. The Bertz CT molecular complexity index is 1140. The second-order valence-electron chi connectivity index (χ2n) is 8.16. The molecule has 0 aliphatic rings. The molecule has 0 unspecified atom stereocenters. The van der Waals surface area contributed by atoms with E-state index in [0.29, 0.717) is 11.3 Å². The van der Waals surface area contributed by atoms with Gasteiger partial charge in [-0.3, -0.25) is 14.3 Å². The maximum absolute atomic E-state index is 13.0. The number of ether oxygens (including phenoxy) is 1. The number of carbonyl (C=O) groups excluding carboxylic acids is 3. The zero-order chi connectivity index (χ0) is 22.8. The molecule has 1 amide bonds. The molecule has 1 N–H and O–H groups in total. The number of ketones is 1. The molecule has 0 fully saturated rings. The predicted octanol–water partition coefficient (Wildman–Crippen LogP) is 3.99. The third-order valence-electron chi connectivity index (χ3n) is 4.86. The molecule has 2 aromatic carbocycles. The van der Waals surface area contributed by atoms with Gasteiger partial charge >= 0.3 is 5.97 Å². The maximum Gasteiger partial charge on any atom is 0.340 e. The molecule has 0 atom stereocenters. The van der Waals surface area contributed by atoms with Crippen LogP contribution in [0.3, 0.4) is 0 Å². The molecule has 7 heteroatoms. The van der Waals surface area contributed by atoms with E-state index in [-0.39, 0.29) is 28.0 Å². The van der Waals surface area contributed by atoms with Gasteiger partial charge in [0, 0.05) is 23.6 Å². The van der Waals surface area contributed by atoms with Gasteiger partial charge in [-0.25, -0.2) is 4.79 Å². The topological polar surface area (TPSA) is 90.3 Å². The number of esters is 1. The van der Waals surface area contributed by atoms with Gasteiger partial charge in [-0.15, -0.1) is 0 Å². The maximum atomic E-state index is 13.0. The number of hydrogen-bond donors (Lipinski definition) is 1. The van der Waals surface area contributed by atoms with Crippen molar-refractivity contribution in [3.8, 4) is 0 Å². The van der Waals surface area contributed by atoms with E-state index in [0.717, 1.165) is 5.69 Å². The fourth-order valence-corrected chi connectivity index (χ4v) is 3.15. The average Bonchev–Trinajstić information content (AvgIpc) is 3.15. The summed E-state index contributed by atoms with van der Waals surface area (Å²) in [6.07, 6.45) is 0. The van der Waals surface area contributed by atoms with Crippen LogP contribution in [0.15, 0.2) is 54.6 Å². The number of anilines is 1. The smallest absolute Gasteiger partial charge is 0.340 e. The van der Waals surface area contributed by atoms with Crippen LogP contribution in [0.5, 0.6) is 0 Å². The first-order valence-electron chi connectivity index (χ1n) is 9.80. The van der Waals surface area contributed by atoms with Crippen LogP contribution in [-0.4, -0.2) is 34.6 Å². The van der Waals surface area contributed by atoms with Crippen molar-refractivity contribution in [2.45, 2.75) is 26.2 Å². The minimum Gasteiger partial charge on any atom is -0.465 e. The fraction of sp³-hybridized carbons (Fsp3) is 0.250. The van der Waals surface area contributed by atoms with Crippen molar-refractivity contribution in [2.75, 3.05) is 12.4 Å². The van der Waals surface area contributed by atoms with Crippen LogP contribution >= 0.6 is 0 Å². The molecular formula is C24H25N3O4. The second-order valence-corrected chi connectivity index (χ2v) is 8.16. The van der Waals surface area contributed by atoms with Gasteiger partial charge in [0.15, 0.2) is 5.78 Å². The van der Waals surface area contributed by atoms with Crippen molar-refractivity contribution in [1.82, 2.24) is 9.78 Å². The molecule has 3 aromatic rings. The lowest BCUT2D eigenvalue weighted by Crippen LogP contribution is -2.20. The Hall–Kier alpha value is -3.74. The number of hydrogen-bond acceptors (Lipinski definition) is 5. The zero-order valence-corrected chi connectivity index (χ0v) is 18.2. The van der Waals surface area contributed by atoms with Crippen molar-refractivity contribution in [2.24, 2.45) is 7.05 Å². The van der Waals surface area contributed by atoms with E-state index >= 15 is 0 Å². The van der Waals surface area contributed by atoms with E-state index < -0.39 is 11.9 Å². The Morgan fingerprint density at radius 3 is 2.26 bits per heavy atom. The minimum atomic E-state index is -0.712. The Morgan fingerprint density at radius 2 is 1.68 bits per heavy atom. The Morgan fingerprint density at radius 1 is 1.00 bits per heavy atom. The van der Waals surface area contributed by atoms with E-state index in [4.69, 9.17) is 4.74 Å². The van der Waals surface area contributed by atoms with Gasteiger partial charge < -0.3 is 10.1 Å². The number of rotatable bonds is 5. The molecule has 160 valence electrons. The number of benzene rings is 2. The molecule has 3 rings (SSSR count). The van der Waals surface area contributed by atoms with Crippen LogP contribution in [0, 0.1) is 0 Å². The summed E-state index contributed by atoms with van der Waals surface area (Å²) >= 11 is 0. The zero-order valence-electron chi connectivity index (χ0n) is 18.2. The highest BCUT2D eigenvalue weighted by Gasteiger charge is 2.26. The summed E-state index contributed by atoms with van der Waals surface area (Å²) in [6.45, 7) is 6.02. The van der Waals surface area contributed by atoms with E-state index in [9.17, 15) is 14.4 Å². The lowest BCUT2D eigenvalue weighted by molar-refractivity contribution is 0.0598. The molecular weight excluding hydrogens is 394 g/mol. The van der Waals surface area contributed by atoms with E-state index in [1.54, 1.807) is 61.6 Å². The Labute approximate surface area is 181 Å². The minimum absolute atomic E-state index is 0.00502. The summed E-state index contributed by atoms with van der Waals surface area (Å²) in [4.78, 5) is 38.6. The van der Waals surface area contributed by atoms with Gasteiger partial charge in [0.2, 0.25) is 0 Å². The lowest BCUT2D eigenvalue weighted by Gasteiger charge is -2.14. The number of aryl methyl sites for hydroxylation is 1. The van der Waals surface area contributed by atoms with E-state index in [1.807, 2.05) is 20.8 Å². The van der Waals surface area contributed by atoms with Gasteiger partial charge in [-0.2, -0.15) is 5.10 Å². The van der Waals surface area contributed by atoms with E-state index in [2.05, 4.69) is 10.4 Å². The lowest BCUT2D eigenvalue weighted by atomic mass is 9.92. The average molecular weight is 419 g/mol. The number of nitrogens with one attached hydrogen (secondary N) is 1. The number of aromatic nitrogens is 2. The summed E-state index contributed by atoms with van der Waals surface area (Å²) in [6, 6.07) is 15.0. The SMILES string of the molecule is COC(=O)c1c(NC(=O)c2cc(C(C)(C)C)nn2C)cccc1C(=O)c1ccccc1. The van der Waals surface area contributed by atoms with Crippen LogP contribution in [0.4, 0.5) is 5.69 Å². The number of carbonyl (C=O) groups is 3. The van der Waals surface area contributed by atoms with Crippen molar-refractivity contribution < 1.29 is 19.1 Å². The van der Waals surface area contributed by atoms with Crippen LogP contribution in [0.25, 0.3) is 0 Å². The number of methoxy groups -OCH3 is 1. The van der Waals surface area contributed by atoms with Crippen LogP contribution in [-0.2, 0) is 17.2 Å². The highest BCUT2D eigenvalue weighted by molar-refractivity contribution is 6.17. The molecule has 1 heterocycles. The van der Waals surface area contributed by atoms with Crippen LogP contribution in [0.1, 0.15) is 63.2 Å². The number of amides is 1. The van der Waals surface area contributed by atoms with Gasteiger partial charge in [-0.1, -0.05) is 63.2 Å². The molecule has 0 aliphatic carbocycles. The second kappa shape index (κ2) is 8.55. The molecule has 0 spiro atoms. The van der Waals surface area contributed by atoms with Gasteiger partial charge in [0.1, 0.15) is 5.69 Å². The molecule has 0 saturated carbocycles. The molecule has 7 nitrogen and oxygen atoms in total. The standard InChI is InChI=1S/C24H25N3O4/c1-24(2,3)19-14-18(27(4)26-19)22(29)25-17-13-9-12-16(20(17)23(30)31-5)21(28)15-10-7-6-8-11-15/h6-14H,1-5H3,(H,25,29).